The highest BCUT2D eigenvalue weighted by atomic mass is 16.3. The lowest BCUT2D eigenvalue weighted by Gasteiger charge is -2.62. The van der Waals surface area contributed by atoms with E-state index in [1.54, 1.807) is 0 Å². The van der Waals surface area contributed by atoms with Crippen LogP contribution in [0.25, 0.3) is 0 Å². The summed E-state index contributed by atoms with van der Waals surface area (Å²) in [7, 11) is 0. The molecule has 2 N–H and O–H groups in total. The number of hydrogen-bond acceptors (Lipinski definition) is 2. The molecule has 0 radical (unpaired) electrons. The minimum Gasteiger partial charge on any atom is -0.393 e. The van der Waals surface area contributed by atoms with Crippen molar-refractivity contribution in [1.29, 1.82) is 0 Å². The molecule has 4 fully saturated rings. The van der Waals surface area contributed by atoms with Gasteiger partial charge in [0.05, 0.1) is 12.2 Å². The average Bonchev–Trinajstić information content (AvgIpc) is 3.04. The van der Waals surface area contributed by atoms with E-state index in [4.69, 9.17) is 0 Å². The zero-order valence-corrected chi connectivity index (χ0v) is 20.7. The predicted molar refractivity (Wildman–Crippen MR) is 125 cm³/mol. The van der Waals surface area contributed by atoms with Crippen molar-refractivity contribution in [3.05, 3.63) is 0 Å². The molecule has 4 aliphatic carbocycles. The normalized spacial score (nSPS) is 50.5. The van der Waals surface area contributed by atoms with Crippen LogP contribution in [0.3, 0.4) is 0 Å². The summed E-state index contributed by atoms with van der Waals surface area (Å²) < 4.78 is 0. The van der Waals surface area contributed by atoms with Gasteiger partial charge in [0, 0.05) is 0 Å². The van der Waals surface area contributed by atoms with Crippen molar-refractivity contribution in [2.45, 2.75) is 118 Å². The summed E-state index contributed by atoms with van der Waals surface area (Å²) in [5, 5.41) is 21.5. The Morgan fingerprint density at radius 2 is 1.43 bits per heavy atom. The summed E-state index contributed by atoms with van der Waals surface area (Å²) in [6.45, 7) is 14.8. The topological polar surface area (TPSA) is 40.5 Å². The predicted octanol–water partition coefficient (Wildman–Crippen LogP) is 6.69. The van der Waals surface area contributed by atoms with E-state index in [-0.39, 0.29) is 17.6 Å². The van der Waals surface area contributed by atoms with E-state index in [2.05, 4.69) is 41.5 Å². The van der Waals surface area contributed by atoms with Gasteiger partial charge in [0.1, 0.15) is 0 Å². The maximum absolute atomic E-state index is 11.2. The highest BCUT2D eigenvalue weighted by Crippen LogP contribution is 2.68. The molecular formula is C28H50O2. The van der Waals surface area contributed by atoms with Gasteiger partial charge in [0.25, 0.3) is 0 Å². The Hall–Kier alpha value is -0.0800. The first-order valence-corrected chi connectivity index (χ1v) is 13.4. The van der Waals surface area contributed by atoms with Crippen LogP contribution in [-0.2, 0) is 0 Å². The number of fused-ring (bicyclic) bond motifs is 5. The van der Waals surface area contributed by atoms with Crippen LogP contribution in [0.2, 0.25) is 0 Å². The molecule has 4 saturated carbocycles. The summed E-state index contributed by atoms with van der Waals surface area (Å²) in [5.74, 6) is 5.95. The van der Waals surface area contributed by atoms with E-state index < -0.39 is 0 Å². The second-order valence-electron chi connectivity index (χ2n) is 13.2. The van der Waals surface area contributed by atoms with Crippen LogP contribution >= 0.6 is 0 Å². The molecule has 0 heterocycles. The molecule has 0 aliphatic heterocycles. The van der Waals surface area contributed by atoms with Crippen LogP contribution in [0.1, 0.15) is 106 Å². The Kier molecular flexibility index (Phi) is 6.44. The third-order valence-corrected chi connectivity index (χ3v) is 11.6. The Balaban J connectivity index is 1.49. The smallest absolute Gasteiger partial charge is 0.0577 e. The van der Waals surface area contributed by atoms with Crippen molar-refractivity contribution in [2.24, 2.45) is 58.2 Å². The zero-order valence-electron chi connectivity index (χ0n) is 20.7. The second kappa shape index (κ2) is 8.36. The first-order valence-electron chi connectivity index (χ1n) is 13.4. The zero-order chi connectivity index (χ0) is 21.8. The molecule has 0 aromatic carbocycles. The minimum absolute atomic E-state index is 0.187. The van der Waals surface area contributed by atoms with Gasteiger partial charge in [-0.1, -0.05) is 54.4 Å². The van der Waals surface area contributed by atoms with E-state index in [1.165, 1.54) is 38.5 Å². The minimum atomic E-state index is -0.197. The van der Waals surface area contributed by atoms with Crippen molar-refractivity contribution in [3.8, 4) is 0 Å². The number of aliphatic hydroxyl groups excluding tert-OH is 2. The van der Waals surface area contributed by atoms with Crippen LogP contribution < -0.4 is 0 Å². The third kappa shape index (κ3) is 3.70. The first kappa shape index (κ1) is 23.1. The monoisotopic (exact) mass is 418 g/mol. The molecule has 174 valence electrons. The molecule has 2 nitrogen and oxygen atoms in total. The molecule has 0 bridgehead atoms. The van der Waals surface area contributed by atoms with E-state index >= 15 is 0 Å². The summed E-state index contributed by atoms with van der Waals surface area (Å²) in [6.07, 6.45) is 11.8. The van der Waals surface area contributed by atoms with Gasteiger partial charge in [0.2, 0.25) is 0 Å². The maximum Gasteiger partial charge on any atom is 0.0577 e. The van der Waals surface area contributed by atoms with Gasteiger partial charge in [-0.2, -0.15) is 0 Å². The Morgan fingerprint density at radius 3 is 2.13 bits per heavy atom. The van der Waals surface area contributed by atoms with Gasteiger partial charge in [-0.3, -0.25) is 0 Å². The lowest BCUT2D eigenvalue weighted by Crippen LogP contribution is -2.58. The summed E-state index contributed by atoms with van der Waals surface area (Å²) in [5.41, 5.74) is 0.734. The average molecular weight is 419 g/mol. The summed E-state index contributed by atoms with van der Waals surface area (Å²) >= 11 is 0. The second-order valence-corrected chi connectivity index (χ2v) is 13.2. The lowest BCUT2D eigenvalue weighted by molar-refractivity contribution is -0.172. The Labute approximate surface area is 186 Å². The number of hydrogen-bond donors (Lipinski definition) is 2. The molecule has 11 atom stereocenters. The Bertz CT molecular complexity index is 601. The van der Waals surface area contributed by atoms with E-state index in [9.17, 15) is 10.2 Å². The van der Waals surface area contributed by atoms with Crippen LogP contribution in [0.4, 0.5) is 0 Å². The lowest BCUT2D eigenvalue weighted by atomic mass is 9.43. The number of aliphatic hydroxyl groups is 2. The van der Waals surface area contributed by atoms with Crippen molar-refractivity contribution >= 4 is 0 Å². The largest absolute Gasteiger partial charge is 0.393 e. The summed E-state index contributed by atoms with van der Waals surface area (Å²) in [6, 6.07) is 0. The van der Waals surface area contributed by atoms with E-state index in [1.807, 2.05) is 0 Å². The van der Waals surface area contributed by atoms with Crippen molar-refractivity contribution in [2.75, 3.05) is 0 Å². The van der Waals surface area contributed by atoms with Crippen LogP contribution in [0.15, 0.2) is 0 Å². The molecule has 2 heteroatoms. The van der Waals surface area contributed by atoms with Gasteiger partial charge >= 0.3 is 0 Å². The number of rotatable bonds is 5. The Morgan fingerprint density at radius 1 is 0.767 bits per heavy atom. The quantitative estimate of drug-likeness (QED) is 0.522. The van der Waals surface area contributed by atoms with E-state index in [0.29, 0.717) is 17.3 Å². The van der Waals surface area contributed by atoms with Crippen molar-refractivity contribution in [3.63, 3.8) is 0 Å². The van der Waals surface area contributed by atoms with Crippen LogP contribution in [0, 0.1) is 58.2 Å². The molecule has 30 heavy (non-hydrogen) atoms. The van der Waals surface area contributed by atoms with Gasteiger partial charge < -0.3 is 10.2 Å². The first-order chi connectivity index (χ1) is 14.1. The van der Waals surface area contributed by atoms with Crippen molar-refractivity contribution < 1.29 is 10.2 Å². The molecule has 4 rings (SSSR count). The molecule has 1 unspecified atom stereocenters. The highest BCUT2D eigenvalue weighted by Gasteiger charge is 2.62. The van der Waals surface area contributed by atoms with Gasteiger partial charge in [-0.05, 0) is 110 Å². The van der Waals surface area contributed by atoms with E-state index in [0.717, 1.165) is 61.2 Å². The fourth-order valence-electron chi connectivity index (χ4n) is 9.31. The molecular weight excluding hydrogens is 368 g/mol. The fraction of sp³-hybridized carbons (Fsp3) is 1.00. The van der Waals surface area contributed by atoms with Gasteiger partial charge in [-0.15, -0.1) is 0 Å². The molecule has 0 amide bonds. The molecule has 4 aliphatic rings. The highest BCUT2D eigenvalue weighted by molar-refractivity contribution is 5.11. The fourth-order valence-corrected chi connectivity index (χ4v) is 9.31. The standard InChI is InChI=1S/C28H50O2/c1-17(2)18(3)7-8-19(4)22-9-10-23-21-16-26(30)25-15-20(29)11-13-28(25,6)24(21)12-14-27(22,23)5/h17-26,29-30H,7-16H2,1-6H3/t18-,19-,20+,21+,22-,23+,24+,25-,26?,27-,28-/m1/s1. The van der Waals surface area contributed by atoms with Gasteiger partial charge in [-0.25, -0.2) is 0 Å². The SMILES string of the molecule is CC(C)[C@H](C)CC[C@@H](C)[C@H]1CC[C@H]2[C@@H]3CC(O)[C@H]4C[C@@H](O)CC[C@]4(C)[C@H]3CC[C@]12C. The van der Waals surface area contributed by atoms with Crippen LogP contribution in [0.5, 0.6) is 0 Å². The van der Waals surface area contributed by atoms with Crippen molar-refractivity contribution in [1.82, 2.24) is 0 Å². The van der Waals surface area contributed by atoms with Crippen LogP contribution in [-0.4, -0.2) is 22.4 Å². The third-order valence-electron chi connectivity index (χ3n) is 11.6. The maximum atomic E-state index is 11.2. The summed E-state index contributed by atoms with van der Waals surface area (Å²) in [4.78, 5) is 0. The molecule has 0 saturated heterocycles. The molecule has 0 spiro atoms. The molecule has 0 aromatic heterocycles. The molecule has 0 aromatic rings. The van der Waals surface area contributed by atoms with Gasteiger partial charge in [0.15, 0.2) is 0 Å².